The van der Waals surface area contributed by atoms with Gasteiger partial charge in [0, 0.05) is 0 Å². The van der Waals surface area contributed by atoms with E-state index in [-0.39, 0.29) is 11.4 Å². The maximum absolute atomic E-state index is 14.6. The summed E-state index contributed by atoms with van der Waals surface area (Å²) in [5, 5.41) is 5.51. The zero-order chi connectivity index (χ0) is 27.4. The Morgan fingerprint density at radius 2 is 0.900 bits per heavy atom. The largest absolute Gasteiger partial charge is 0.207 e. The molecule has 0 spiro atoms. The van der Waals surface area contributed by atoms with Crippen molar-refractivity contribution < 1.29 is 17.6 Å². The molecule has 0 saturated carbocycles. The first-order valence-corrected chi connectivity index (χ1v) is 12.9. The van der Waals surface area contributed by atoms with E-state index in [1.165, 1.54) is 12.1 Å². The Morgan fingerprint density at radius 3 is 1.60 bits per heavy atom. The molecule has 0 atom stereocenters. The van der Waals surface area contributed by atoms with Crippen molar-refractivity contribution in [1.29, 1.82) is 0 Å². The number of fused-ring (bicyclic) bond motifs is 3. The van der Waals surface area contributed by atoms with Crippen LogP contribution in [0.5, 0.6) is 0 Å². The van der Waals surface area contributed by atoms with Crippen molar-refractivity contribution in [2.75, 3.05) is 0 Å². The van der Waals surface area contributed by atoms with Gasteiger partial charge in [-0.3, -0.25) is 0 Å². The third kappa shape index (κ3) is 3.92. The molecule has 0 aliphatic heterocycles. The second kappa shape index (κ2) is 9.35. The van der Waals surface area contributed by atoms with Gasteiger partial charge in [0.2, 0.25) is 0 Å². The lowest BCUT2D eigenvalue weighted by molar-refractivity contribution is 0.448. The first-order chi connectivity index (χ1) is 19.5. The van der Waals surface area contributed by atoms with E-state index in [2.05, 4.69) is 30.3 Å². The van der Waals surface area contributed by atoms with Gasteiger partial charge in [0.25, 0.3) is 0 Å². The Balaban J connectivity index is 1.63. The fraction of sp³-hybridized carbons (Fsp3) is 0. The summed E-state index contributed by atoms with van der Waals surface area (Å²) in [5.41, 5.74) is 4.42. The van der Waals surface area contributed by atoms with Gasteiger partial charge in [0.15, 0.2) is 17.5 Å². The van der Waals surface area contributed by atoms with Crippen molar-refractivity contribution in [1.82, 2.24) is 0 Å². The maximum Gasteiger partial charge on any atom is 0.194 e. The highest BCUT2D eigenvalue weighted by molar-refractivity contribution is 6.22. The van der Waals surface area contributed by atoms with Gasteiger partial charge in [-0.2, -0.15) is 0 Å². The zero-order valence-electron chi connectivity index (χ0n) is 21.1. The molecule has 0 aliphatic carbocycles. The molecule has 7 aromatic carbocycles. The predicted octanol–water partition coefficient (Wildman–Crippen LogP) is 10.7. The van der Waals surface area contributed by atoms with Gasteiger partial charge >= 0.3 is 0 Å². The molecular formula is C36H20F4. The van der Waals surface area contributed by atoms with E-state index in [9.17, 15) is 17.6 Å². The zero-order valence-corrected chi connectivity index (χ0v) is 21.1. The minimum absolute atomic E-state index is 0.235. The molecule has 0 aliphatic rings. The second-order valence-corrected chi connectivity index (χ2v) is 9.88. The molecule has 0 bridgehead atoms. The smallest absolute Gasteiger partial charge is 0.194 e. The van der Waals surface area contributed by atoms with Crippen LogP contribution < -0.4 is 0 Å². The summed E-state index contributed by atoms with van der Waals surface area (Å²) in [4.78, 5) is 0. The summed E-state index contributed by atoms with van der Waals surface area (Å²) in [5.74, 6) is -4.34. The average molecular weight is 529 g/mol. The molecule has 0 unspecified atom stereocenters. The summed E-state index contributed by atoms with van der Waals surface area (Å²) in [7, 11) is 0. The molecule has 0 heterocycles. The van der Waals surface area contributed by atoms with E-state index >= 15 is 0 Å². The molecule has 0 radical (unpaired) electrons. The lowest BCUT2D eigenvalue weighted by atomic mass is 9.84. The third-order valence-electron chi connectivity index (χ3n) is 7.51. The van der Waals surface area contributed by atoms with Crippen molar-refractivity contribution in [2.45, 2.75) is 0 Å². The summed E-state index contributed by atoms with van der Waals surface area (Å²) in [6.45, 7) is 0. The number of hydrogen-bond acceptors (Lipinski definition) is 0. The molecule has 7 rings (SSSR count). The van der Waals surface area contributed by atoms with Crippen LogP contribution in [0.3, 0.4) is 0 Å². The Bertz CT molecular complexity index is 2070. The highest BCUT2D eigenvalue weighted by atomic mass is 19.2. The van der Waals surface area contributed by atoms with E-state index in [0.717, 1.165) is 66.7 Å². The maximum atomic E-state index is 14.6. The van der Waals surface area contributed by atoms with Crippen LogP contribution in [0.1, 0.15) is 0 Å². The number of benzene rings is 7. The summed E-state index contributed by atoms with van der Waals surface area (Å²) < 4.78 is 56.8. The standard InChI is InChI=1S/C36H20F4/c37-27-14-11-22(12-15-27)24-13-16-30-31(18-24)35(26-19-32(38)36(40)33(39)20-26)29-8-4-3-7-28(29)34(30)25-10-9-21-5-1-2-6-23(21)17-25/h1-20H. The van der Waals surface area contributed by atoms with Crippen molar-refractivity contribution in [2.24, 2.45) is 0 Å². The van der Waals surface area contributed by atoms with E-state index < -0.39 is 17.5 Å². The number of halogens is 4. The topological polar surface area (TPSA) is 0 Å². The number of rotatable bonds is 3. The predicted molar refractivity (Wildman–Crippen MR) is 155 cm³/mol. The first-order valence-electron chi connectivity index (χ1n) is 12.9. The van der Waals surface area contributed by atoms with Crippen molar-refractivity contribution in [3.63, 3.8) is 0 Å². The lowest BCUT2D eigenvalue weighted by Gasteiger charge is -2.19. The molecule has 192 valence electrons. The Labute approximate surface area is 227 Å². The van der Waals surface area contributed by atoms with Crippen LogP contribution in [0.25, 0.3) is 65.7 Å². The lowest BCUT2D eigenvalue weighted by Crippen LogP contribution is -1.95. The molecule has 0 aromatic heterocycles. The molecule has 7 aromatic rings. The van der Waals surface area contributed by atoms with Gasteiger partial charge < -0.3 is 0 Å². The highest BCUT2D eigenvalue weighted by Crippen LogP contribution is 2.45. The van der Waals surface area contributed by atoms with Crippen molar-refractivity contribution >= 4 is 32.3 Å². The van der Waals surface area contributed by atoms with Crippen LogP contribution >= 0.6 is 0 Å². The van der Waals surface area contributed by atoms with Gasteiger partial charge in [-0.25, -0.2) is 17.6 Å². The van der Waals surface area contributed by atoms with Crippen LogP contribution in [0.4, 0.5) is 17.6 Å². The van der Waals surface area contributed by atoms with Gasteiger partial charge in [-0.15, -0.1) is 0 Å². The number of hydrogen-bond donors (Lipinski definition) is 0. The van der Waals surface area contributed by atoms with Gasteiger partial charge in [0.1, 0.15) is 5.82 Å². The SMILES string of the molecule is Fc1ccc(-c2ccc3c(-c4ccc5ccccc5c4)c4ccccc4c(-c4cc(F)c(F)c(F)c4)c3c2)cc1. The highest BCUT2D eigenvalue weighted by Gasteiger charge is 2.20. The van der Waals surface area contributed by atoms with Gasteiger partial charge in [-0.05, 0) is 102 Å². The van der Waals surface area contributed by atoms with Crippen molar-refractivity contribution in [3.05, 3.63) is 145 Å². The fourth-order valence-electron chi connectivity index (χ4n) is 5.67. The van der Waals surface area contributed by atoms with Crippen LogP contribution in [0, 0.1) is 23.3 Å². The fourth-order valence-corrected chi connectivity index (χ4v) is 5.67. The average Bonchev–Trinajstić information content (AvgIpc) is 2.98. The van der Waals surface area contributed by atoms with Crippen LogP contribution in [-0.4, -0.2) is 0 Å². The molecule has 0 nitrogen and oxygen atoms in total. The van der Waals surface area contributed by atoms with Crippen molar-refractivity contribution in [3.8, 4) is 33.4 Å². The van der Waals surface area contributed by atoms with Gasteiger partial charge in [-0.1, -0.05) is 84.9 Å². The van der Waals surface area contributed by atoms with E-state index in [1.54, 1.807) is 12.1 Å². The second-order valence-electron chi connectivity index (χ2n) is 9.88. The van der Waals surface area contributed by atoms with Crippen LogP contribution in [-0.2, 0) is 0 Å². The first kappa shape index (κ1) is 24.1. The molecular weight excluding hydrogens is 508 g/mol. The quantitative estimate of drug-likeness (QED) is 0.122. The molecule has 40 heavy (non-hydrogen) atoms. The minimum Gasteiger partial charge on any atom is -0.207 e. The molecule has 0 N–H and O–H groups in total. The van der Waals surface area contributed by atoms with E-state index in [4.69, 9.17) is 0 Å². The van der Waals surface area contributed by atoms with Gasteiger partial charge in [0.05, 0.1) is 0 Å². The van der Waals surface area contributed by atoms with Crippen LogP contribution in [0.2, 0.25) is 0 Å². The summed E-state index contributed by atoms with van der Waals surface area (Å²) >= 11 is 0. The third-order valence-corrected chi connectivity index (χ3v) is 7.51. The molecule has 0 saturated heterocycles. The van der Waals surface area contributed by atoms with E-state index in [1.807, 2.05) is 54.6 Å². The summed E-state index contributed by atoms with van der Waals surface area (Å²) in [6, 6.07) is 36.3. The monoisotopic (exact) mass is 528 g/mol. The normalized spacial score (nSPS) is 11.5. The Hall–Kier alpha value is -4.96. The Morgan fingerprint density at radius 1 is 0.350 bits per heavy atom. The molecule has 4 heteroatoms. The Kier molecular flexibility index (Phi) is 5.64. The minimum atomic E-state index is -1.50. The molecule has 0 fully saturated rings. The van der Waals surface area contributed by atoms with Crippen LogP contribution in [0.15, 0.2) is 121 Å². The molecule has 0 amide bonds. The summed E-state index contributed by atoms with van der Waals surface area (Å²) in [6.07, 6.45) is 0. The van der Waals surface area contributed by atoms with E-state index in [0.29, 0.717) is 5.56 Å².